The van der Waals surface area contributed by atoms with Crippen LogP contribution in [0.15, 0.2) is 48.5 Å². The summed E-state index contributed by atoms with van der Waals surface area (Å²) in [6, 6.07) is 9.39. The van der Waals surface area contributed by atoms with Crippen molar-refractivity contribution < 1.29 is 47.6 Å². The van der Waals surface area contributed by atoms with Crippen LogP contribution in [-0.4, -0.2) is 47.3 Å². The number of carboxylic acids is 2. The van der Waals surface area contributed by atoms with Crippen LogP contribution in [0.3, 0.4) is 0 Å². The number of carbonyl (C=O) groups excluding carboxylic acids is 2. The molecule has 2 aromatic carbocycles. The molecule has 0 aliphatic carbocycles. The maximum Gasteiger partial charge on any atom is 0.323 e. The average molecular weight is 521 g/mol. The zero-order chi connectivity index (χ0) is 27.6. The van der Waals surface area contributed by atoms with Crippen molar-refractivity contribution in [1.82, 2.24) is 0 Å². The SMILES string of the molecule is CCOC(=O)C(CCCC(=O)O)(CCC(C(=O)O)(c1ccc(F)cc1)c1ccc(F)cc1)C(=O)OCC. The van der Waals surface area contributed by atoms with Crippen LogP contribution in [0.2, 0.25) is 0 Å². The van der Waals surface area contributed by atoms with E-state index in [4.69, 9.17) is 14.6 Å². The molecule has 200 valence electrons. The van der Waals surface area contributed by atoms with E-state index in [0.717, 1.165) is 24.3 Å². The van der Waals surface area contributed by atoms with Gasteiger partial charge in [-0.1, -0.05) is 24.3 Å². The number of benzene rings is 2. The molecule has 0 fully saturated rings. The predicted octanol–water partition coefficient (Wildman–Crippen LogP) is 4.48. The van der Waals surface area contributed by atoms with Gasteiger partial charge in [-0.2, -0.15) is 0 Å². The minimum Gasteiger partial charge on any atom is -0.481 e. The summed E-state index contributed by atoms with van der Waals surface area (Å²) in [7, 11) is 0. The van der Waals surface area contributed by atoms with Crippen molar-refractivity contribution in [3.05, 3.63) is 71.3 Å². The maximum absolute atomic E-state index is 13.7. The lowest BCUT2D eigenvalue weighted by molar-refractivity contribution is -0.174. The molecule has 0 heterocycles. The van der Waals surface area contributed by atoms with Gasteiger partial charge in [0.05, 0.1) is 13.2 Å². The Morgan fingerprint density at radius 1 is 0.730 bits per heavy atom. The molecule has 2 rings (SSSR count). The molecule has 37 heavy (non-hydrogen) atoms. The summed E-state index contributed by atoms with van der Waals surface area (Å²) in [4.78, 5) is 50.4. The van der Waals surface area contributed by atoms with Gasteiger partial charge in [0, 0.05) is 6.42 Å². The van der Waals surface area contributed by atoms with Gasteiger partial charge in [0.15, 0.2) is 5.41 Å². The van der Waals surface area contributed by atoms with Gasteiger partial charge in [-0.05, 0) is 74.9 Å². The van der Waals surface area contributed by atoms with Crippen LogP contribution in [0.1, 0.15) is 57.1 Å². The van der Waals surface area contributed by atoms with E-state index in [-0.39, 0.29) is 50.0 Å². The lowest BCUT2D eigenvalue weighted by atomic mass is 9.66. The molecular formula is C27H30F2O8. The summed E-state index contributed by atoms with van der Waals surface area (Å²) < 4.78 is 37.8. The Labute approximate surface area is 213 Å². The normalized spacial score (nSPS) is 11.6. The first-order chi connectivity index (χ1) is 17.5. The van der Waals surface area contributed by atoms with Crippen LogP contribution in [0.5, 0.6) is 0 Å². The second kappa shape index (κ2) is 12.9. The summed E-state index contributed by atoms with van der Waals surface area (Å²) in [5.41, 5.74) is -3.64. The maximum atomic E-state index is 13.7. The number of esters is 2. The van der Waals surface area contributed by atoms with Crippen molar-refractivity contribution >= 4 is 23.9 Å². The number of aliphatic carboxylic acids is 2. The number of carboxylic acid groups (broad SMARTS) is 2. The molecular weight excluding hydrogens is 490 g/mol. The number of hydrogen-bond donors (Lipinski definition) is 2. The quantitative estimate of drug-likeness (QED) is 0.276. The highest BCUT2D eigenvalue weighted by molar-refractivity contribution is 6.00. The average Bonchev–Trinajstić information content (AvgIpc) is 2.85. The second-order valence-corrected chi connectivity index (χ2v) is 8.49. The molecule has 0 aliphatic heterocycles. The molecule has 0 radical (unpaired) electrons. The van der Waals surface area contributed by atoms with Gasteiger partial charge in [0.25, 0.3) is 0 Å². The van der Waals surface area contributed by atoms with Crippen LogP contribution in [-0.2, 0) is 34.1 Å². The largest absolute Gasteiger partial charge is 0.481 e. The minimum atomic E-state index is -2.00. The van der Waals surface area contributed by atoms with Crippen LogP contribution in [0, 0.1) is 17.0 Å². The summed E-state index contributed by atoms with van der Waals surface area (Å²) in [6.07, 6.45) is -1.46. The van der Waals surface area contributed by atoms with E-state index < -0.39 is 52.8 Å². The van der Waals surface area contributed by atoms with E-state index in [1.54, 1.807) is 0 Å². The molecule has 0 aliphatic rings. The molecule has 0 saturated carbocycles. The van der Waals surface area contributed by atoms with Crippen LogP contribution in [0.25, 0.3) is 0 Å². The van der Waals surface area contributed by atoms with E-state index in [1.165, 1.54) is 38.1 Å². The Morgan fingerprint density at radius 3 is 1.51 bits per heavy atom. The topological polar surface area (TPSA) is 127 Å². The van der Waals surface area contributed by atoms with Gasteiger partial charge >= 0.3 is 23.9 Å². The molecule has 2 N–H and O–H groups in total. The van der Waals surface area contributed by atoms with Gasteiger partial charge in [-0.3, -0.25) is 19.2 Å². The lowest BCUT2D eigenvalue weighted by Crippen LogP contribution is -2.45. The number of ether oxygens (including phenoxy) is 2. The zero-order valence-electron chi connectivity index (χ0n) is 20.7. The molecule has 0 unspecified atom stereocenters. The molecule has 0 saturated heterocycles. The van der Waals surface area contributed by atoms with E-state index >= 15 is 0 Å². The van der Waals surface area contributed by atoms with Crippen molar-refractivity contribution in [2.75, 3.05) is 13.2 Å². The molecule has 0 amide bonds. The first-order valence-electron chi connectivity index (χ1n) is 11.8. The Kier molecular flexibility index (Phi) is 10.3. The first-order valence-corrected chi connectivity index (χ1v) is 11.8. The van der Waals surface area contributed by atoms with Gasteiger partial charge in [-0.15, -0.1) is 0 Å². The number of hydrogen-bond acceptors (Lipinski definition) is 6. The van der Waals surface area contributed by atoms with E-state index in [9.17, 15) is 33.1 Å². The number of halogens is 2. The molecule has 0 atom stereocenters. The van der Waals surface area contributed by atoms with Gasteiger partial charge in [0.1, 0.15) is 17.0 Å². The van der Waals surface area contributed by atoms with Crippen LogP contribution < -0.4 is 0 Å². The summed E-state index contributed by atoms with van der Waals surface area (Å²) in [5.74, 6) is -5.66. The standard InChI is InChI=1S/C27H30F2O8/c1-3-36-24(34)26(25(35)37-4-2,15-5-6-22(30)31)16-17-27(23(32)33,18-7-11-20(28)12-8-18)19-9-13-21(29)14-10-19/h7-14H,3-6,15-17H2,1-2H3,(H,30,31)(H,32,33). The number of rotatable bonds is 14. The highest BCUT2D eigenvalue weighted by atomic mass is 19.1. The highest BCUT2D eigenvalue weighted by Crippen LogP contribution is 2.43. The lowest BCUT2D eigenvalue weighted by Gasteiger charge is -2.35. The molecule has 2 aromatic rings. The summed E-state index contributed by atoms with van der Waals surface area (Å²) in [6.45, 7) is 2.89. The van der Waals surface area contributed by atoms with Gasteiger partial charge in [0.2, 0.25) is 0 Å². The zero-order valence-corrected chi connectivity index (χ0v) is 20.7. The fourth-order valence-corrected chi connectivity index (χ4v) is 4.38. The second-order valence-electron chi connectivity index (χ2n) is 8.49. The number of carbonyl (C=O) groups is 4. The minimum absolute atomic E-state index is 0.0832. The molecule has 10 heteroatoms. The van der Waals surface area contributed by atoms with Crippen LogP contribution >= 0.6 is 0 Å². The van der Waals surface area contributed by atoms with E-state index in [2.05, 4.69) is 0 Å². The van der Waals surface area contributed by atoms with E-state index in [1.807, 2.05) is 0 Å². The van der Waals surface area contributed by atoms with Crippen molar-refractivity contribution in [1.29, 1.82) is 0 Å². The Balaban J connectivity index is 2.69. The van der Waals surface area contributed by atoms with Crippen molar-refractivity contribution in [3.8, 4) is 0 Å². The van der Waals surface area contributed by atoms with Crippen LogP contribution in [0.4, 0.5) is 8.78 Å². The molecule has 0 bridgehead atoms. The Hall–Kier alpha value is -3.82. The third-order valence-corrected chi connectivity index (χ3v) is 6.29. The van der Waals surface area contributed by atoms with Crippen molar-refractivity contribution in [2.24, 2.45) is 5.41 Å². The predicted molar refractivity (Wildman–Crippen MR) is 128 cm³/mol. The summed E-state index contributed by atoms with van der Waals surface area (Å²) >= 11 is 0. The fourth-order valence-electron chi connectivity index (χ4n) is 4.38. The highest BCUT2D eigenvalue weighted by Gasteiger charge is 2.52. The van der Waals surface area contributed by atoms with Gasteiger partial charge in [-0.25, -0.2) is 8.78 Å². The first kappa shape index (κ1) is 29.4. The smallest absolute Gasteiger partial charge is 0.323 e. The molecule has 0 spiro atoms. The summed E-state index contributed by atoms with van der Waals surface area (Å²) in [5, 5.41) is 19.6. The van der Waals surface area contributed by atoms with Crippen molar-refractivity contribution in [2.45, 2.75) is 51.4 Å². The third kappa shape index (κ3) is 6.69. The Morgan fingerprint density at radius 2 is 1.16 bits per heavy atom. The molecule has 0 aromatic heterocycles. The van der Waals surface area contributed by atoms with Gasteiger partial charge < -0.3 is 19.7 Å². The monoisotopic (exact) mass is 520 g/mol. The van der Waals surface area contributed by atoms with Crippen molar-refractivity contribution in [3.63, 3.8) is 0 Å². The molecule has 8 nitrogen and oxygen atoms in total. The Bertz CT molecular complexity index is 1030. The van der Waals surface area contributed by atoms with E-state index in [0.29, 0.717) is 0 Å². The third-order valence-electron chi connectivity index (χ3n) is 6.29. The fraction of sp³-hybridized carbons (Fsp3) is 0.407.